The molecule has 106 valence electrons. The molecule has 1 aromatic carbocycles. The number of nitrogens with two attached hydrogens (primary N) is 1. The Morgan fingerprint density at radius 3 is 2.58 bits per heavy atom. The van der Waals surface area contributed by atoms with Crippen LogP contribution in [0.25, 0.3) is 0 Å². The highest BCUT2D eigenvalue weighted by atomic mass is 79.9. The van der Waals surface area contributed by atoms with Crippen molar-refractivity contribution in [2.75, 3.05) is 12.3 Å². The summed E-state index contributed by atoms with van der Waals surface area (Å²) in [5.41, 5.74) is 6.23. The number of nitrogens with one attached hydrogen (secondary N) is 1. The van der Waals surface area contributed by atoms with Crippen LogP contribution in [0.4, 0.5) is 5.69 Å². The summed E-state index contributed by atoms with van der Waals surface area (Å²) in [5, 5.41) is 0. The molecule has 0 spiro atoms. The third-order valence-corrected chi connectivity index (χ3v) is 6.37. The van der Waals surface area contributed by atoms with E-state index in [1.807, 2.05) is 0 Å². The topological polar surface area (TPSA) is 72.2 Å². The smallest absolute Gasteiger partial charge is 0.241 e. The summed E-state index contributed by atoms with van der Waals surface area (Å²) < 4.78 is 27.9. The Hall–Kier alpha value is -0.590. The monoisotopic (exact) mass is 346 g/mol. The predicted molar refractivity (Wildman–Crippen MR) is 80.2 cm³/mol. The third-order valence-electron chi connectivity index (χ3n) is 3.98. The average Bonchev–Trinajstić information content (AvgIpc) is 3.11. The number of rotatable bonds is 5. The highest BCUT2D eigenvalue weighted by Crippen LogP contribution is 2.51. The van der Waals surface area contributed by atoms with Crippen LogP contribution in [0, 0.1) is 11.3 Å². The molecular formula is C13H19BrN2O2S. The lowest BCUT2D eigenvalue weighted by Crippen LogP contribution is -2.32. The van der Waals surface area contributed by atoms with Gasteiger partial charge in [-0.2, -0.15) is 0 Å². The number of sulfonamides is 1. The largest absolute Gasteiger partial charge is 0.399 e. The highest BCUT2D eigenvalue weighted by molar-refractivity contribution is 9.10. The van der Waals surface area contributed by atoms with Crippen molar-refractivity contribution in [3.63, 3.8) is 0 Å². The van der Waals surface area contributed by atoms with Gasteiger partial charge in [-0.15, -0.1) is 0 Å². The first-order valence-electron chi connectivity index (χ1n) is 6.31. The molecule has 6 heteroatoms. The summed E-state index contributed by atoms with van der Waals surface area (Å²) in [6, 6.07) is 4.79. The van der Waals surface area contributed by atoms with Gasteiger partial charge < -0.3 is 5.73 Å². The lowest BCUT2D eigenvalue weighted by molar-refractivity contribution is 0.357. The first kappa shape index (κ1) is 14.8. The van der Waals surface area contributed by atoms with Crippen molar-refractivity contribution >= 4 is 31.6 Å². The van der Waals surface area contributed by atoms with Crippen LogP contribution < -0.4 is 10.5 Å². The summed E-state index contributed by atoms with van der Waals surface area (Å²) >= 11 is 3.26. The van der Waals surface area contributed by atoms with Crippen molar-refractivity contribution in [3.05, 3.63) is 22.7 Å². The maximum absolute atomic E-state index is 12.3. The molecule has 1 aliphatic carbocycles. The molecule has 0 saturated heterocycles. The minimum atomic E-state index is -3.52. The van der Waals surface area contributed by atoms with Crippen molar-refractivity contribution in [2.45, 2.75) is 31.6 Å². The van der Waals surface area contributed by atoms with Crippen molar-refractivity contribution < 1.29 is 8.42 Å². The zero-order valence-corrected chi connectivity index (χ0v) is 13.5. The molecule has 1 saturated carbocycles. The summed E-state index contributed by atoms with van der Waals surface area (Å²) in [6.45, 7) is 4.77. The van der Waals surface area contributed by atoms with Crippen molar-refractivity contribution in [2.24, 2.45) is 11.3 Å². The molecule has 0 aromatic heterocycles. The van der Waals surface area contributed by atoms with E-state index in [1.165, 1.54) is 6.07 Å². The van der Waals surface area contributed by atoms with Gasteiger partial charge in [0.05, 0.1) is 4.90 Å². The van der Waals surface area contributed by atoms with E-state index in [2.05, 4.69) is 34.5 Å². The molecular weight excluding hydrogens is 328 g/mol. The Bertz CT molecular complexity index is 580. The molecule has 0 atom stereocenters. The number of benzene rings is 1. The van der Waals surface area contributed by atoms with E-state index < -0.39 is 10.0 Å². The molecule has 3 N–H and O–H groups in total. The molecule has 0 heterocycles. The number of nitrogen functional groups attached to an aromatic ring is 1. The van der Waals surface area contributed by atoms with Crippen molar-refractivity contribution in [3.8, 4) is 0 Å². The quantitative estimate of drug-likeness (QED) is 0.805. The molecule has 2 rings (SSSR count). The first-order chi connectivity index (χ1) is 8.77. The second kappa shape index (κ2) is 5.07. The molecule has 0 unspecified atom stereocenters. The number of hydrogen-bond acceptors (Lipinski definition) is 3. The first-order valence-corrected chi connectivity index (χ1v) is 8.59. The van der Waals surface area contributed by atoms with Gasteiger partial charge in [-0.25, -0.2) is 13.1 Å². The van der Waals surface area contributed by atoms with Gasteiger partial charge in [0.2, 0.25) is 10.0 Å². The van der Waals surface area contributed by atoms with Gasteiger partial charge in [0, 0.05) is 16.7 Å². The van der Waals surface area contributed by atoms with Crippen LogP contribution in [0.2, 0.25) is 0 Å². The van der Waals surface area contributed by atoms with Crippen LogP contribution in [-0.2, 0) is 10.0 Å². The fraction of sp³-hybridized carbons (Fsp3) is 0.538. The lowest BCUT2D eigenvalue weighted by atomic mass is 9.93. The Morgan fingerprint density at radius 2 is 2.05 bits per heavy atom. The normalized spacial score (nSPS) is 17.7. The maximum atomic E-state index is 12.3. The molecule has 0 radical (unpaired) electrons. The average molecular weight is 347 g/mol. The number of halogens is 1. The molecule has 1 fully saturated rings. The van der Waals surface area contributed by atoms with E-state index in [0.717, 1.165) is 12.8 Å². The summed E-state index contributed by atoms with van der Waals surface area (Å²) in [6.07, 6.45) is 2.18. The molecule has 0 bridgehead atoms. The van der Waals surface area contributed by atoms with E-state index >= 15 is 0 Å². The van der Waals surface area contributed by atoms with Crippen LogP contribution in [0.5, 0.6) is 0 Å². The predicted octanol–water partition coefficient (Wildman–Crippen LogP) is 2.75. The molecule has 0 aliphatic heterocycles. The van der Waals surface area contributed by atoms with Gasteiger partial charge in [0.15, 0.2) is 0 Å². The summed E-state index contributed by atoms with van der Waals surface area (Å²) in [7, 11) is -3.52. The van der Waals surface area contributed by atoms with E-state index in [1.54, 1.807) is 12.1 Å². The Kier molecular flexibility index (Phi) is 3.95. The van der Waals surface area contributed by atoms with Gasteiger partial charge in [0.1, 0.15) is 0 Å². The van der Waals surface area contributed by atoms with E-state index in [9.17, 15) is 8.42 Å². The van der Waals surface area contributed by atoms with Crippen LogP contribution in [0.3, 0.4) is 0 Å². The Labute approximate surface area is 122 Å². The molecule has 1 aromatic rings. The Morgan fingerprint density at radius 1 is 1.42 bits per heavy atom. The van der Waals surface area contributed by atoms with Gasteiger partial charge in [-0.05, 0) is 58.3 Å². The van der Waals surface area contributed by atoms with Gasteiger partial charge >= 0.3 is 0 Å². The highest BCUT2D eigenvalue weighted by Gasteiger charge is 2.45. The third kappa shape index (κ3) is 3.12. The zero-order valence-electron chi connectivity index (χ0n) is 11.1. The molecule has 19 heavy (non-hydrogen) atoms. The van der Waals surface area contributed by atoms with E-state index in [-0.39, 0.29) is 10.3 Å². The Balaban J connectivity index is 2.17. The molecule has 1 aliphatic rings. The second-order valence-corrected chi connectivity index (χ2v) is 8.12. The summed E-state index contributed by atoms with van der Waals surface area (Å²) in [5.74, 6) is 0.486. The van der Waals surface area contributed by atoms with Gasteiger partial charge in [-0.3, -0.25) is 0 Å². The van der Waals surface area contributed by atoms with E-state index in [0.29, 0.717) is 22.6 Å². The fourth-order valence-corrected chi connectivity index (χ4v) is 4.30. The molecule has 0 amide bonds. The number of anilines is 1. The minimum absolute atomic E-state index is 0.139. The fourth-order valence-electron chi connectivity index (χ4n) is 2.16. The van der Waals surface area contributed by atoms with Crippen molar-refractivity contribution in [1.29, 1.82) is 0 Å². The summed E-state index contributed by atoms with van der Waals surface area (Å²) in [4.78, 5) is 0.201. The van der Waals surface area contributed by atoms with Crippen LogP contribution in [0.15, 0.2) is 27.6 Å². The van der Waals surface area contributed by atoms with Gasteiger partial charge in [0.25, 0.3) is 0 Å². The van der Waals surface area contributed by atoms with Crippen molar-refractivity contribution in [1.82, 2.24) is 4.72 Å². The van der Waals surface area contributed by atoms with Crippen LogP contribution >= 0.6 is 15.9 Å². The van der Waals surface area contributed by atoms with E-state index in [4.69, 9.17) is 5.73 Å². The molecule has 4 nitrogen and oxygen atoms in total. The maximum Gasteiger partial charge on any atom is 0.241 e. The number of hydrogen-bond donors (Lipinski definition) is 2. The second-order valence-electron chi connectivity index (χ2n) is 5.53. The minimum Gasteiger partial charge on any atom is -0.399 e. The van der Waals surface area contributed by atoms with Crippen LogP contribution in [-0.4, -0.2) is 15.0 Å². The standard InChI is InChI=1S/C13H19BrN2O2S/c1-9(2)13(5-6-13)8-16-19(17,18)12-7-10(15)3-4-11(12)14/h3-4,7,9,16H,5-6,8,15H2,1-2H3. The van der Waals surface area contributed by atoms with Gasteiger partial charge in [-0.1, -0.05) is 13.8 Å². The zero-order chi connectivity index (χ0) is 14.3. The van der Waals surface area contributed by atoms with Crippen LogP contribution in [0.1, 0.15) is 26.7 Å². The SMILES string of the molecule is CC(C)C1(CNS(=O)(=O)c2cc(N)ccc2Br)CC1. The lowest BCUT2D eigenvalue weighted by Gasteiger charge is -2.20.